The van der Waals surface area contributed by atoms with Crippen LogP contribution in [0.5, 0.6) is 0 Å². The Bertz CT molecular complexity index is 801. The van der Waals surface area contributed by atoms with Gasteiger partial charge in [0, 0.05) is 47.7 Å². The van der Waals surface area contributed by atoms with Crippen LogP contribution in [0.1, 0.15) is 28.8 Å². The fourth-order valence-corrected chi connectivity index (χ4v) is 4.06. The zero-order chi connectivity index (χ0) is 17.4. The first-order valence-electron chi connectivity index (χ1n) is 8.40. The topological polar surface area (TPSA) is 44.4 Å². The molecule has 0 saturated carbocycles. The first kappa shape index (κ1) is 16.9. The Hall–Kier alpha value is -1.56. The maximum Gasteiger partial charge on any atom is 0.255 e. The third-order valence-corrected chi connectivity index (χ3v) is 5.73. The molecule has 1 amide bonds. The van der Waals surface area contributed by atoms with Gasteiger partial charge in [-0.15, -0.1) is 0 Å². The van der Waals surface area contributed by atoms with Gasteiger partial charge in [0.05, 0.1) is 5.56 Å². The minimum atomic E-state index is -0.339. The van der Waals surface area contributed by atoms with Crippen LogP contribution in [0.4, 0.5) is 5.69 Å². The number of carbonyl (C=O) groups excluding carboxylic acids is 1. The Morgan fingerprint density at radius 3 is 2.52 bits per heavy atom. The second-order valence-electron chi connectivity index (χ2n) is 6.75. The highest BCUT2D eigenvalue weighted by molar-refractivity contribution is 9.10. The lowest BCUT2D eigenvalue weighted by Gasteiger charge is -2.46. The van der Waals surface area contributed by atoms with Gasteiger partial charge in [0.25, 0.3) is 5.91 Å². The Morgan fingerprint density at radius 1 is 1.08 bits per heavy atom. The Kier molecular flexibility index (Phi) is 4.48. The molecule has 0 atom stereocenters. The molecule has 130 valence electrons. The number of nitrogens with zero attached hydrogens (tertiary/aromatic N) is 1. The zero-order valence-electron chi connectivity index (χ0n) is 13.7. The summed E-state index contributed by atoms with van der Waals surface area (Å²) < 4.78 is 0.914. The molecule has 0 aromatic heterocycles. The number of hydrogen-bond donors (Lipinski definition) is 2. The Morgan fingerprint density at radius 2 is 1.80 bits per heavy atom. The van der Waals surface area contributed by atoms with Crippen molar-refractivity contribution >= 4 is 39.1 Å². The van der Waals surface area contributed by atoms with Crippen molar-refractivity contribution in [3.63, 3.8) is 0 Å². The van der Waals surface area contributed by atoms with E-state index in [1.54, 1.807) is 0 Å². The predicted octanol–water partition coefficient (Wildman–Crippen LogP) is 4.25. The Balaban J connectivity index is 1.43. The smallest absolute Gasteiger partial charge is 0.255 e. The molecule has 1 spiro atoms. The standard InChI is InChI=1S/C19H19BrClN3O/c20-14-3-6-17-16(11-14)18(25)23-19(22-17)7-9-24(10-8-19)12-13-1-4-15(21)5-2-13/h1-6,11,22H,7-10,12H2,(H,23,25). The second kappa shape index (κ2) is 6.63. The largest absolute Gasteiger partial charge is 0.362 e. The molecular formula is C19H19BrClN3O. The number of amides is 1. The molecule has 0 radical (unpaired) electrons. The first-order valence-corrected chi connectivity index (χ1v) is 9.57. The summed E-state index contributed by atoms with van der Waals surface area (Å²) in [4.78, 5) is 14.9. The molecular weight excluding hydrogens is 402 g/mol. The summed E-state index contributed by atoms with van der Waals surface area (Å²) >= 11 is 9.38. The number of fused-ring (bicyclic) bond motifs is 1. The lowest BCUT2D eigenvalue weighted by atomic mass is 9.92. The average Bonchev–Trinajstić information content (AvgIpc) is 2.60. The van der Waals surface area contributed by atoms with Crippen LogP contribution in [0.3, 0.4) is 0 Å². The van der Waals surface area contributed by atoms with E-state index in [0.717, 1.165) is 47.7 Å². The summed E-state index contributed by atoms with van der Waals surface area (Å²) in [7, 11) is 0. The number of likely N-dealkylation sites (tertiary alicyclic amines) is 1. The summed E-state index contributed by atoms with van der Waals surface area (Å²) in [6.45, 7) is 2.77. The molecule has 2 heterocycles. The van der Waals surface area contributed by atoms with Crippen LogP contribution in [-0.4, -0.2) is 29.6 Å². The summed E-state index contributed by atoms with van der Waals surface area (Å²) in [5, 5.41) is 7.52. The number of benzene rings is 2. The van der Waals surface area contributed by atoms with Crippen molar-refractivity contribution in [3.8, 4) is 0 Å². The van der Waals surface area contributed by atoms with Gasteiger partial charge >= 0.3 is 0 Å². The summed E-state index contributed by atoms with van der Waals surface area (Å²) in [5.41, 5.74) is 2.53. The quantitative estimate of drug-likeness (QED) is 0.763. The number of piperidine rings is 1. The van der Waals surface area contributed by atoms with Crippen LogP contribution in [0, 0.1) is 0 Å². The number of rotatable bonds is 2. The van der Waals surface area contributed by atoms with Crippen molar-refractivity contribution in [3.05, 3.63) is 63.1 Å². The molecule has 2 N–H and O–H groups in total. The molecule has 0 unspecified atom stereocenters. The fourth-order valence-electron chi connectivity index (χ4n) is 3.58. The van der Waals surface area contributed by atoms with Crippen molar-refractivity contribution in [2.24, 2.45) is 0 Å². The molecule has 2 aromatic rings. The molecule has 4 nitrogen and oxygen atoms in total. The van der Waals surface area contributed by atoms with Crippen LogP contribution in [0.2, 0.25) is 5.02 Å². The van der Waals surface area contributed by atoms with Crippen LogP contribution in [0.15, 0.2) is 46.9 Å². The van der Waals surface area contributed by atoms with E-state index in [9.17, 15) is 4.79 Å². The second-order valence-corrected chi connectivity index (χ2v) is 8.11. The molecule has 0 aliphatic carbocycles. The zero-order valence-corrected chi connectivity index (χ0v) is 16.0. The van der Waals surface area contributed by atoms with Crippen LogP contribution in [-0.2, 0) is 6.54 Å². The monoisotopic (exact) mass is 419 g/mol. The van der Waals surface area contributed by atoms with Crippen LogP contribution in [0.25, 0.3) is 0 Å². The maximum atomic E-state index is 12.5. The predicted molar refractivity (Wildman–Crippen MR) is 104 cm³/mol. The summed E-state index contributed by atoms with van der Waals surface area (Å²) in [6, 6.07) is 13.8. The number of anilines is 1. The molecule has 2 aromatic carbocycles. The molecule has 2 aliphatic heterocycles. The molecule has 2 aliphatic rings. The van der Waals surface area contributed by atoms with Crippen molar-refractivity contribution in [1.82, 2.24) is 10.2 Å². The number of carbonyl (C=O) groups is 1. The average molecular weight is 421 g/mol. The molecule has 25 heavy (non-hydrogen) atoms. The van der Waals surface area contributed by atoms with E-state index in [-0.39, 0.29) is 11.6 Å². The molecule has 1 fully saturated rings. The molecule has 0 bridgehead atoms. The number of hydrogen-bond acceptors (Lipinski definition) is 3. The minimum Gasteiger partial charge on any atom is -0.362 e. The van der Waals surface area contributed by atoms with E-state index in [4.69, 9.17) is 11.6 Å². The number of nitrogens with one attached hydrogen (secondary N) is 2. The van der Waals surface area contributed by atoms with E-state index in [0.29, 0.717) is 5.56 Å². The van der Waals surface area contributed by atoms with Gasteiger partial charge in [-0.1, -0.05) is 39.7 Å². The van der Waals surface area contributed by atoms with E-state index in [1.165, 1.54) is 5.56 Å². The molecule has 1 saturated heterocycles. The van der Waals surface area contributed by atoms with E-state index < -0.39 is 0 Å². The van der Waals surface area contributed by atoms with Gasteiger partial charge < -0.3 is 10.6 Å². The van der Waals surface area contributed by atoms with E-state index >= 15 is 0 Å². The summed E-state index contributed by atoms with van der Waals surface area (Å²) in [5.74, 6) is 0.00111. The number of halogens is 2. The van der Waals surface area contributed by atoms with E-state index in [2.05, 4.69) is 43.6 Å². The van der Waals surface area contributed by atoms with Crippen LogP contribution < -0.4 is 10.6 Å². The molecule has 6 heteroatoms. The third-order valence-electron chi connectivity index (χ3n) is 4.98. The van der Waals surface area contributed by atoms with Crippen molar-refractivity contribution in [2.75, 3.05) is 18.4 Å². The van der Waals surface area contributed by atoms with Gasteiger partial charge in [-0.3, -0.25) is 9.69 Å². The lowest BCUT2D eigenvalue weighted by Crippen LogP contribution is -2.62. The van der Waals surface area contributed by atoms with Gasteiger partial charge in [0.15, 0.2) is 0 Å². The van der Waals surface area contributed by atoms with E-state index in [1.807, 2.05) is 30.3 Å². The van der Waals surface area contributed by atoms with Gasteiger partial charge in [0.2, 0.25) is 0 Å². The first-order chi connectivity index (χ1) is 12.0. The Labute approximate surface area is 160 Å². The lowest BCUT2D eigenvalue weighted by molar-refractivity contribution is 0.0822. The fraction of sp³-hybridized carbons (Fsp3) is 0.316. The highest BCUT2D eigenvalue weighted by atomic mass is 79.9. The van der Waals surface area contributed by atoms with Crippen molar-refractivity contribution in [1.29, 1.82) is 0 Å². The highest BCUT2D eigenvalue weighted by Crippen LogP contribution is 2.33. The molecule has 4 rings (SSSR count). The van der Waals surface area contributed by atoms with Crippen molar-refractivity contribution < 1.29 is 4.79 Å². The third kappa shape index (κ3) is 3.54. The van der Waals surface area contributed by atoms with Crippen molar-refractivity contribution in [2.45, 2.75) is 25.0 Å². The minimum absolute atomic E-state index is 0.00111. The normalized spacial score (nSPS) is 19.2. The maximum absolute atomic E-state index is 12.5. The van der Waals surface area contributed by atoms with Gasteiger partial charge in [-0.25, -0.2) is 0 Å². The van der Waals surface area contributed by atoms with Crippen LogP contribution >= 0.6 is 27.5 Å². The SMILES string of the molecule is O=C1NC2(CCN(Cc3ccc(Cl)cc3)CC2)Nc2ccc(Br)cc21. The highest BCUT2D eigenvalue weighted by Gasteiger charge is 2.40. The van der Waals surface area contributed by atoms with Gasteiger partial charge in [0.1, 0.15) is 5.66 Å². The summed E-state index contributed by atoms with van der Waals surface area (Å²) in [6.07, 6.45) is 1.75. The van der Waals surface area contributed by atoms with Gasteiger partial charge in [-0.05, 0) is 35.9 Å². The van der Waals surface area contributed by atoms with Gasteiger partial charge in [-0.2, -0.15) is 0 Å².